The van der Waals surface area contributed by atoms with Crippen molar-refractivity contribution >= 4 is 28.7 Å². The molecule has 0 bridgehead atoms. The molecule has 0 radical (unpaired) electrons. The second kappa shape index (κ2) is 5.63. The fraction of sp³-hybridized carbons (Fsp3) is 0.0625. The molecule has 21 heavy (non-hydrogen) atoms. The van der Waals surface area contributed by atoms with Gasteiger partial charge in [0.05, 0.1) is 11.2 Å². The Morgan fingerprint density at radius 2 is 1.71 bits per heavy atom. The summed E-state index contributed by atoms with van der Waals surface area (Å²) in [5.41, 5.74) is 12.9. The van der Waals surface area contributed by atoms with E-state index in [1.165, 1.54) is 4.57 Å². The van der Waals surface area contributed by atoms with Crippen molar-refractivity contribution in [3.05, 3.63) is 60.3 Å². The van der Waals surface area contributed by atoms with Crippen LogP contribution in [0.5, 0.6) is 0 Å². The number of benzene rings is 2. The van der Waals surface area contributed by atoms with Crippen molar-refractivity contribution in [1.82, 2.24) is 4.57 Å². The Morgan fingerprint density at radius 3 is 2.38 bits per heavy atom. The molecule has 0 aliphatic carbocycles. The van der Waals surface area contributed by atoms with Crippen LogP contribution in [0.3, 0.4) is 0 Å². The second-order valence-corrected chi connectivity index (χ2v) is 5.67. The highest BCUT2D eigenvalue weighted by atomic mass is 32.2. The van der Waals surface area contributed by atoms with E-state index in [0.717, 1.165) is 26.4 Å². The first kappa shape index (κ1) is 13.7. The monoisotopic (exact) mass is 297 g/mol. The summed E-state index contributed by atoms with van der Waals surface area (Å²) >= 11 is 1.60. The minimum absolute atomic E-state index is 0.257. The van der Waals surface area contributed by atoms with Crippen LogP contribution in [0, 0.1) is 0 Å². The number of amides is 1. The zero-order valence-corrected chi connectivity index (χ0v) is 12.1. The third-order valence-corrected chi connectivity index (χ3v) is 4.47. The number of carbonyl (C=O) groups excluding carboxylic acids is 1. The number of fused-ring (bicyclic) bond motifs is 1. The summed E-state index contributed by atoms with van der Waals surface area (Å²) in [6.07, 6.45) is 0. The number of nitrogens with two attached hydrogens (primary N) is 2. The van der Waals surface area contributed by atoms with E-state index >= 15 is 0 Å². The van der Waals surface area contributed by atoms with E-state index in [0.29, 0.717) is 0 Å². The molecule has 0 aliphatic heterocycles. The minimum atomic E-state index is -0.508. The predicted molar refractivity (Wildman–Crippen MR) is 85.4 cm³/mol. The summed E-state index contributed by atoms with van der Waals surface area (Å²) < 4.78 is 1.50. The van der Waals surface area contributed by atoms with Crippen LogP contribution in [-0.4, -0.2) is 10.6 Å². The van der Waals surface area contributed by atoms with Crippen molar-refractivity contribution in [2.24, 2.45) is 11.5 Å². The Morgan fingerprint density at radius 1 is 1.05 bits per heavy atom. The van der Waals surface area contributed by atoms with Gasteiger partial charge in [0.2, 0.25) is 0 Å². The molecule has 0 aliphatic rings. The molecule has 1 heterocycles. The number of carbonyl (C=O) groups is 1. The van der Waals surface area contributed by atoms with Crippen molar-refractivity contribution in [2.75, 3.05) is 0 Å². The van der Waals surface area contributed by atoms with Gasteiger partial charge in [0.1, 0.15) is 0 Å². The average molecular weight is 297 g/mol. The number of primary amides is 1. The van der Waals surface area contributed by atoms with Crippen molar-refractivity contribution in [3.8, 4) is 0 Å². The first-order valence-electron chi connectivity index (χ1n) is 6.57. The Hall–Kier alpha value is -2.24. The number of rotatable bonds is 3. The van der Waals surface area contributed by atoms with Crippen LogP contribution < -0.4 is 11.5 Å². The average Bonchev–Trinajstić information content (AvgIpc) is 2.82. The van der Waals surface area contributed by atoms with Crippen LogP contribution in [-0.2, 0) is 6.54 Å². The van der Waals surface area contributed by atoms with Gasteiger partial charge in [-0.2, -0.15) is 0 Å². The van der Waals surface area contributed by atoms with E-state index in [1.54, 1.807) is 11.8 Å². The van der Waals surface area contributed by atoms with Gasteiger partial charge in [-0.1, -0.05) is 48.2 Å². The molecule has 0 unspecified atom stereocenters. The summed E-state index contributed by atoms with van der Waals surface area (Å²) in [4.78, 5) is 13.9. The Labute approximate surface area is 126 Å². The van der Waals surface area contributed by atoms with Crippen LogP contribution in [0.25, 0.3) is 10.9 Å². The third-order valence-electron chi connectivity index (χ3n) is 3.30. The number of nitrogens with zero attached hydrogens (tertiary/aromatic N) is 1. The van der Waals surface area contributed by atoms with Gasteiger partial charge in [0.25, 0.3) is 0 Å². The maximum atomic E-state index is 11.8. The van der Waals surface area contributed by atoms with Crippen LogP contribution in [0.1, 0.15) is 5.69 Å². The van der Waals surface area contributed by atoms with E-state index in [-0.39, 0.29) is 6.54 Å². The van der Waals surface area contributed by atoms with Crippen molar-refractivity contribution in [3.63, 3.8) is 0 Å². The van der Waals surface area contributed by atoms with E-state index in [1.807, 2.05) is 54.6 Å². The fourth-order valence-corrected chi connectivity index (χ4v) is 3.52. The predicted octanol–water partition coefficient (Wildman–Crippen LogP) is 3.18. The highest BCUT2D eigenvalue weighted by Gasteiger charge is 2.19. The fourth-order valence-electron chi connectivity index (χ4n) is 2.42. The van der Waals surface area contributed by atoms with Crippen LogP contribution in [0.4, 0.5) is 4.79 Å². The van der Waals surface area contributed by atoms with Crippen molar-refractivity contribution < 1.29 is 4.79 Å². The third kappa shape index (κ3) is 2.41. The van der Waals surface area contributed by atoms with Gasteiger partial charge in [-0.3, -0.25) is 4.57 Å². The van der Waals surface area contributed by atoms with Gasteiger partial charge >= 0.3 is 6.03 Å². The number of para-hydroxylation sites is 1. The quantitative estimate of drug-likeness (QED) is 0.779. The van der Waals surface area contributed by atoms with E-state index in [2.05, 4.69) is 0 Å². The van der Waals surface area contributed by atoms with Gasteiger partial charge in [0, 0.05) is 21.7 Å². The van der Waals surface area contributed by atoms with Gasteiger partial charge in [-0.05, 0) is 18.2 Å². The molecule has 4 N–H and O–H groups in total. The molecule has 2 aromatic carbocycles. The standard InChI is InChI=1S/C16H15N3OS/c17-10-14-15(21-11-6-2-1-3-7-11)12-8-4-5-9-13(12)19(14)16(18)20/h1-9H,10,17H2,(H2,18,20). The van der Waals surface area contributed by atoms with E-state index in [9.17, 15) is 4.79 Å². The highest BCUT2D eigenvalue weighted by Crippen LogP contribution is 2.38. The molecule has 5 heteroatoms. The first-order valence-corrected chi connectivity index (χ1v) is 7.39. The van der Waals surface area contributed by atoms with Crippen molar-refractivity contribution in [1.29, 1.82) is 0 Å². The number of hydrogen-bond donors (Lipinski definition) is 2. The molecule has 0 spiro atoms. The van der Waals surface area contributed by atoms with Crippen molar-refractivity contribution in [2.45, 2.75) is 16.3 Å². The molecule has 4 nitrogen and oxygen atoms in total. The van der Waals surface area contributed by atoms with Gasteiger partial charge < -0.3 is 11.5 Å². The van der Waals surface area contributed by atoms with Crippen LogP contribution in [0.15, 0.2) is 64.4 Å². The SMILES string of the molecule is NCc1c(Sc2ccccc2)c2ccccc2n1C(N)=O. The summed E-state index contributed by atoms with van der Waals surface area (Å²) in [5, 5.41) is 0.991. The normalized spacial score (nSPS) is 10.9. The van der Waals surface area contributed by atoms with Gasteiger partial charge in [0.15, 0.2) is 0 Å². The lowest BCUT2D eigenvalue weighted by Gasteiger charge is -2.06. The zero-order valence-electron chi connectivity index (χ0n) is 11.3. The molecule has 0 saturated carbocycles. The summed E-state index contributed by atoms with van der Waals surface area (Å²) in [7, 11) is 0. The Bertz CT molecular complexity index is 796. The van der Waals surface area contributed by atoms with Gasteiger partial charge in [-0.15, -0.1) is 0 Å². The van der Waals surface area contributed by atoms with Gasteiger partial charge in [-0.25, -0.2) is 4.79 Å². The Balaban J connectivity index is 2.23. The molecule has 0 fully saturated rings. The lowest BCUT2D eigenvalue weighted by molar-refractivity contribution is 0.250. The molecule has 0 saturated heterocycles. The zero-order chi connectivity index (χ0) is 14.8. The minimum Gasteiger partial charge on any atom is -0.351 e. The largest absolute Gasteiger partial charge is 0.351 e. The summed E-state index contributed by atoms with van der Waals surface area (Å²) in [6.45, 7) is 0.257. The lowest BCUT2D eigenvalue weighted by atomic mass is 10.2. The van der Waals surface area contributed by atoms with E-state index < -0.39 is 6.03 Å². The Kier molecular flexibility index (Phi) is 3.68. The van der Waals surface area contributed by atoms with E-state index in [4.69, 9.17) is 11.5 Å². The maximum Gasteiger partial charge on any atom is 0.323 e. The highest BCUT2D eigenvalue weighted by molar-refractivity contribution is 7.99. The maximum absolute atomic E-state index is 11.8. The molecule has 3 rings (SSSR count). The molecule has 106 valence electrons. The molecule has 1 aromatic heterocycles. The molecular formula is C16H15N3OS. The molecule has 0 atom stereocenters. The topological polar surface area (TPSA) is 74.0 Å². The number of hydrogen-bond acceptors (Lipinski definition) is 3. The second-order valence-electron chi connectivity index (χ2n) is 4.59. The summed E-state index contributed by atoms with van der Waals surface area (Å²) in [5.74, 6) is 0. The van der Waals surface area contributed by atoms with Crippen LogP contribution in [0.2, 0.25) is 0 Å². The number of aromatic nitrogens is 1. The summed E-state index contributed by atoms with van der Waals surface area (Å²) in [6, 6.07) is 17.2. The van der Waals surface area contributed by atoms with Crippen LogP contribution >= 0.6 is 11.8 Å². The molecular weight excluding hydrogens is 282 g/mol. The molecule has 1 amide bonds. The molecule has 3 aromatic rings. The lowest BCUT2D eigenvalue weighted by Crippen LogP contribution is -2.22. The first-order chi connectivity index (χ1) is 10.2. The smallest absolute Gasteiger partial charge is 0.323 e.